The van der Waals surface area contributed by atoms with Crippen LogP contribution in [-0.2, 0) is 16.6 Å². The largest absolute Gasteiger partial charge is 0.389 e. The molecule has 20 heavy (non-hydrogen) atoms. The summed E-state index contributed by atoms with van der Waals surface area (Å²) in [7, 11) is -2.32. The minimum Gasteiger partial charge on any atom is -0.212 e. The van der Waals surface area contributed by atoms with Crippen LogP contribution in [0.25, 0.3) is 0 Å². The number of sulfonamides is 1. The molecule has 0 radical (unpaired) electrons. The Hall–Kier alpha value is -0.600. The zero-order chi connectivity index (χ0) is 15.4. The van der Waals surface area contributed by atoms with Gasteiger partial charge in [-0.2, -0.15) is 13.2 Å². The van der Waals surface area contributed by atoms with E-state index in [1.165, 1.54) is 7.05 Å². The highest BCUT2D eigenvalue weighted by molar-refractivity contribution is 9.10. The first-order valence-corrected chi connectivity index (χ1v) is 8.26. The van der Waals surface area contributed by atoms with Gasteiger partial charge < -0.3 is 0 Å². The molecule has 0 bridgehead atoms. The molecule has 1 rings (SSSR count). The second-order valence-electron chi connectivity index (χ2n) is 4.38. The van der Waals surface area contributed by atoms with Gasteiger partial charge in [0.25, 0.3) is 0 Å². The van der Waals surface area contributed by atoms with Crippen LogP contribution in [0, 0.1) is 0 Å². The van der Waals surface area contributed by atoms with Crippen molar-refractivity contribution >= 4 is 26.0 Å². The summed E-state index contributed by atoms with van der Waals surface area (Å²) in [6.45, 7) is 0.121. The van der Waals surface area contributed by atoms with Crippen LogP contribution >= 0.6 is 15.9 Å². The fraction of sp³-hybridized carbons (Fsp3) is 0.500. The summed E-state index contributed by atoms with van der Waals surface area (Å²) >= 11 is 3.30. The SMILES string of the molecule is CN(Cc1ccccc1Br)S(=O)(=O)CCCC(F)(F)F. The van der Waals surface area contributed by atoms with Crippen LogP contribution in [0.4, 0.5) is 13.2 Å². The topological polar surface area (TPSA) is 37.4 Å². The standard InChI is InChI=1S/C12H15BrF3NO2S/c1-17(9-10-5-2-3-6-11(10)13)20(18,19)8-4-7-12(14,15)16/h2-3,5-6H,4,7-9H2,1H3. The molecule has 0 aromatic heterocycles. The van der Waals surface area contributed by atoms with Crippen molar-refractivity contribution in [2.24, 2.45) is 0 Å². The van der Waals surface area contributed by atoms with Crippen molar-refractivity contribution in [2.45, 2.75) is 25.6 Å². The average Bonchev–Trinajstić information content (AvgIpc) is 2.30. The molecule has 0 amide bonds. The summed E-state index contributed by atoms with van der Waals surface area (Å²) in [6, 6.07) is 7.10. The first kappa shape index (κ1) is 17.5. The number of hydrogen-bond donors (Lipinski definition) is 0. The van der Waals surface area contributed by atoms with E-state index >= 15 is 0 Å². The van der Waals surface area contributed by atoms with Gasteiger partial charge in [-0.25, -0.2) is 12.7 Å². The molecule has 0 aliphatic carbocycles. The monoisotopic (exact) mass is 373 g/mol. The minimum absolute atomic E-state index is 0.121. The van der Waals surface area contributed by atoms with Gasteiger partial charge in [-0.05, 0) is 18.1 Å². The fourth-order valence-electron chi connectivity index (χ4n) is 1.58. The molecule has 0 saturated carbocycles. The highest BCUT2D eigenvalue weighted by Crippen LogP contribution is 2.23. The van der Waals surface area contributed by atoms with Crippen LogP contribution in [0.2, 0.25) is 0 Å². The first-order chi connectivity index (χ1) is 9.12. The number of hydrogen-bond acceptors (Lipinski definition) is 2. The molecule has 0 fully saturated rings. The lowest BCUT2D eigenvalue weighted by Gasteiger charge is -2.18. The molecule has 0 aliphatic rings. The molecule has 1 aromatic carbocycles. The molecule has 114 valence electrons. The van der Waals surface area contributed by atoms with Gasteiger partial charge in [-0.15, -0.1) is 0 Å². The van der Waals surface area contributed by atoms with Crippen LogP contribution in [0.3, 0.4) is 0 Å². The van der Waals surface area contributed by atoms with Gasteiger partial charge in [-0.3, -0.25) is 0 Å². The Labute approximate surface area is 125 Å². The van der Waals surface area contributed by atoms with Gasteiger partial charge in [0.15, 0.2) is 0 Å². The van der Waals surface area contributed by atoms with E-state index in [4.69, 9.17) is 0 Å². The Balaban J connectivity index is 2.62. The molecule has 0 aliphatic heterocycles. The summed E-state index contributed by atoms with van der Waals surface area (Å²) in [5, 5.41) is 0. The molecule has 0 saturated heterocycles. The van der Waals surface area contributed by atoms with Crippen molar-refractivity contribution in [3.8, 4) is 0 Å². The van der Waals surface area contributed by atoms with Gasteiger partial charge in [0.05, 0.1) is 5.75 Å². The quantitative estimate of drug-likeness (QED) is 0.764. The van der Waals surface area contributed by atoms with Crippen LogP contribution in [0.1, 0.15) is 18.4 Å². The third-order valence-electron chi connectivity index (χ3n) is 2.69. The third kappa shape index (κ3) is 5.80. The lowest BCUT2D eigenvalue weighted by atomic mass is 10.2. The van der Waals surface area contributed by atoms with Crippen LogP contribution in [-0.4, -0.2) is 31.7 Å². The number of halogens is 4. The number of benzene rings is 1. The predicted molar refractivity (Wildman–Crippen MR) is 74.7 cm³/mol. The Morgan fingerprint density at radius 1 is 1.25 bits per heavy atom. The van der Waals surface area contributed by atoms with E-state index in [1.807, 2.05) is 0 Å². The van der Waals surface area contributed by atoms with E-state index in [-0.39, 0.29) is 6.54 Å². The number of nitrogens with zero attached hydrogens (tertiary/aromatic N) is 1. The molecule has 0 atom stereocenters. The van der Waals surface area contributed by atoms with Crippen LogP contribution in [0.5, 0.6) is 0 Å². The lowest BCUT2D eigenvalue weighted by Crippen LogP contribution is -2.29. The van der Waals surface area contributed by atoms with Gasteiger partial charge in [-0.1, -0.05) is 34.1 Å². The van der Waals surface area contributed by atoms with Gasteiger partial charge in [0, 0.05) is 24.5 Å². The summed E-state index contributed by atoms with van der Waals surface area (Å²) in [5.41, 5.74) is 0.759. The second kappa shape index (κ2) is 6.91. The van der Waals surface area contributed by atoms with Gasteiger partial charge in [0.1, 0.15) is 0 Å². The van der Waals surface area contributed by atoms with Crippen molar-refractivity contribution in [2.75, 3.05) is 12.8 Å². The fourth-order valence-corrected chi connectivity index (χ4v) is 3.14. The van der Waals surface area contributed by atoms with Gasteiger partial charge >= 0.3 is 6.18 Å². The molecule has 0 N–H and O–H groups in total. The van der Waals surface area contributed by atoms with E-state index in [0.717, 1.165) is 14.3 Å². The molecular formula is C12H15BrF3NO2S. The summed E-state index contributed by atoms with van der Waals surface area (Å²) in [6.07, 6.45) is -5.84. The lowest BCUT2D eigenvalue weighted by molar-refractivity contribution is -0.134. The highest BCUT2D eigenvalue weighted by Gasteiger charge is 2.28. The van der Waals surface area contributed by atoms with E-state index < -0.39 is 34.8 Å². The average molecular weight is 374 g/mol. The maximum Gasteiger partial charge on any atom is 0.389 e. The summed E-state index contributed by atoms with van der Waals surface area (Å²) < 4.78 is 61.6. The summed E-state index contributed by atoms with van der Waals surface area (Å²) in [4.78, 5) is 0. The van der Waals surface area contributed by atoms with Crippen molar-refractivity contribution in [3.63, 3.8) is 0 Å². The molecule has 0 heterocycles. The van der Waals surface area contributed by atoms with Crippen molar-refractivity contribution in [1.82, 2.24) is 4.31 Å². The maximum atomic E-state index is 12.0. The van der Waals surface area contributed by atoms with Crippen molar-refractivity contribution in [3.05, 3.63) is 34.3 Å². The number of alkyl halides is 3. The molecule has 1 aromatic rings. The maximum absolute atomic E-state index is 12.0. The van der Waals surface area contributed by atoms with Crippen LogP contribution < -0.4 is 0 Å². The zero-order valence-electron chi connectivity index (χ0n) is 10.8. The van der Waals surface area contributed by atoms with Crippen LogP contribution in [0.15, 0.2) is 28.7 Å². The molecular weight excluding hydrogens is 359 g/mol. The van der Waals surface area contributed by atoms with E-state index in [1.54, 1.807) is 24.3 Å². The van der Waals surface area contributed by atoms with E-state index in [2.05, 4.69) is 15.9 Å². The Bertz CT molecular complexity index is 546. The Morgan fingerprint density at radius 2 is 1.85 bits per heavy atom. The third-order valence-corrected chi connectivity index (χ3v) is 5.35. The molecule has 3 nitrogen and oxygen atoms in total. The minimum atomic E-state index is -4.32. The highest BCUT2D eigenvalue weighted by atomic mass is 79.9. The molecule has 8 heteroatoms. The Kier molecular flexibility index (Phi) is 6.03. The Morgan fingerprint density at radius 3 is 2.40 bits per heavy atom. The number of rotatable bonds is 6. The van der Waals surface area contributed by atoms with Crippen molar-refractivity contribution < 1.29 is 21.6 Å². The molecule has 0 spiro atoms. The van der Waals surface area contributed by atoms with Gasteiger partial charge in [0.2, 0.25) is 10.0 Å². The summed E-state index contributed by atoms with van der Waals surface area (Å²) in [5.74, 6) is -0.506. The smallest absolute Gasteiger partial charge is 0.212 e. The van der Waals surface area contributed by atoms with E-state index in [0.29, 0.717) is 0 Å². The zero-order valence-corrected chi connectivity index (χ0v) is 13.2. The van der Waals surface area contributed by atoms with Crippen molar-refractivity contribution in [1.29, 1.82) is 0 Å². The molecule has 0 unspecified atom stereocenters. The second-order valence-corrected chi connectivity index (χ2v) is 7.43. The predicted octanol–water partition coefficient (Wildman–Crippen LogP) is 3.55. The normalized spacial score (nSPS) is 12.9. The first-order valence-electron chi connectivity index (χ1n) is 5.86. The van der Waals surface area contributed by atoms with E-state index in [9.17, 15) is 21.6 Å².